The van der Waals surface area contributed by atoms with Crippen molar-refractivity contribution in [2.45, 2.75) is 26.3 Å². The molecule has 0 aliphatic rings. The summed E-state index contributed by atoms with van der Waals surface area (Å²) in [4.78, 5) is 22.2. The zero-order chi connectivity index (χ0) is 15.0. The van der Waals surface area contributed by atoms with Crippen LogP contribution in [0.3, 0.4) is 0 Å². The molecule has 0 saturated carbocycles. The number of amides is 2. The van der Waals surface area contributed by atoms with E-state index in [1.54, 1.807) is 6.92 Å². The number of carbonyl (C=O) groups excluding carboxylic acids is 1. The lowest BCUT2D eigenvalue weighted by Gasteiger charge is -2.09. The molecule has 5 nitrogen and oxygen atoms in total. The molecule has 2 amide bonds. The highest BCUT2D eigenvalue weighted by Crippen LogP contribution is 2.15. The van der Waals surface area contributed by atoms with E-state index in [1.807, 2.05) is 24.3 Å². The van der Waals surface area contributed by atoms with Crippen LogP contribution < -0.4 is 10.6 Å². The van der Waals surface area contributed by atoms with Crippen molar-refractivity contribution < 1.29 is 14.7 Å². The average molecular weight is 343 g/mol. The minimum absolute atomic E-state index is 0.247. The first-order valence-electron chi connectivity index (χ1n) is 6.48. The third kappa shape index (κ3) is 6.06. The molecule has 6 heteroatoms. The second-order valence-corrected chi connectivity index (χ2v) is 5.44. The van der Waals surface area contributed by atoms with Gasteiger partial charge < -0.3 is 15.7 Å². The zero-order valence-electron chi connectivity index (χ0n) is 11.4. The van der Waals surface area contributed by atoms with Crippen molar-refractivity contribution in [2.24, 2.45) is 5.92 Å². The lowest BCUT2D eigenvalue weighted by atomic mass is 10.1. The van der Waals surface area contributed by atoms with Crippen molar-refractivity contribution in [3.8, 4) is 0 Å². The Bertz CT molecular complexity index is 465. The van der Waals surface area contributed by atoms with Crippen molar-refractivity contribution in [1.82, 2.24) is 10.6 Å². The van der Waals surface area contributed by atoms with E-state index in [0.717, 1.165) is 10.0 Å². The Labute approximate surface area is 126 Å². The summed E-state index contributed by atoms with van der Waals surface area (Å²) in [6.45, 7) is 2.58. The fourth-order valence-corrected chi connectivity index (χ4v) is 2.04. The maximum Gasteiger partial charge on any atom is 0.315 e. The van der Waals surface area contributed by atoms with Crippen molar-refractivity contribution in [3.05, 3.63) is 34.3 Å². The van der Waals surface area contributed by atoms with Crippen LogP contribution >= 0.6 is 15.9 Å². The Morgan fingerprint density at radius 1 is 1.30 bits per heavy atom. The van der Waals surface area contributed by atoms with Gasteiger partial charge in [0.05, 0.1) is 5.92 Å². The molecule has 0 aliphatic carbocycles. The van der Waals surface area contributed by atoms with Crippen molar-refractivity contribution in [2.75, 3.05) is 6.54 Å². The number of carboxylic acids is 1. The summed E-state index contributed by atoms with van der Waals surface area (Å²) in [5.41, 5.74) is 1.00. The number of halogens is 1. The van der Waals surface area contributed by atoms with Gasteiger partial charge in [-0.2, -0.15) is 0 Å². The zero-order valence-corrected chi connectivity index (χ0v) is 12.9. The number of hydrogen-bond acceptors (Lipinski definition) is 2. The highest BCUT2D eigenvalue weighted by molar-refractivity contribution is 9.10. The lowest BCUT2D eigenvalue weighted by Crippen LogP contribution is -2.35. The van der Waals surface area contributed by atoms with Crippen LogP contribution in [-0.2, 0) is 11.3 Å². The number of urea groups is 1. The summed E-state index contributed by atoms with van der Waals surface area (Å²) in [6, 6.07) is 7.43. The Balaban J connectivity index is 2.18. The molecule has 0 fully saturated rings. The van der Waals surface area contributed by atoms with E-state index in [1.165, 1.54) is 0 Å². The Morgan fingerprint density at radius 3 is 2.65 bits per heavy atom. The Kier molecular flexibility index (Phi) is 7.08. The molecule has 0 saturated heterocycles. The van der Waals surface area contributed by atoms with Crippen molar-refractivity contribution >= 4 is 27.9 Å². The number of nitrogens with one attached hydrogen (secondary N) is 2. The first-order valence-corrected chi connectivity index (χ1v) is 7.28. The summed E-state index contributed by atoms with van der Waals surface area (Å²) >= 11 is 3.41. The summed E-state index contributed by atoms with van der Waals surface area (Å²) in [5, 5.41) is 14.2. The highest BCUT2D eigenvalue weighted by atomic mass is 79.9. The summed E-state index contributed by atoms with van der Waals surface area (Å²) in [5.74, 6) is -1.18. The van der Waals surface area contributed by atoms with Crippen LogP contribution in [0.1, 0.15) is 25.3 Å². The van der Waals surface area contributed by atoms with E-state index in [2.05, 4.69) is 26.6 Å². The van der Waals surface area contributed by atoms with Crippen LogP contribution in [0.15, 0.2) is 28.7 Å². The van der Waals surface area contributed by atoms with Gasteiger partial charge in [-0.25, -0.2) is 4.79 Å². The molecule has 0 bridgehead atoms. The van der Waals surface area contributed by atoms with Gasteiger partial charge in [0.25, 0.3) is 0 Å². The van der Waals surface area contributed by atoms with Crippen LogP contribution in [0.5, 0.6) is 0 Å². The molecular weight excluding hydrogens is 324 g/mol. The molecule has 1 atom stereocenters. The number of rotatable bonds is 7. The van der Waals surface area contributed by atoms with Crippen LogP contribution in [0.2, 0.25) is 0 Å². The molecule has 0 spiro atoms. The van der Waals surface area contributed by atoms with Crippen molar-refractivity contribution in [1.29, 1.82) is 0 Å². The molecule has 0 heterocycles. The van der Waals surface area contributed by atoms with Gasteiger partial charge >= 0.3 is 12.0 Å². The van der Waals surface area contributed by atoms with Crippen molar-refractivity contribution in [3.63, 3.8) is 0 Å². The van der Waals surface area contributed by atoms with E-state index in [9.17, 15) is 9.59 Å². The van der Waals surface area contributed by atoms with Gasteiger partial charge in [-0.05, 0) is 24.5 Å². The predicted octanol–water partition coefficient (Wildman–Crippen LogP) is 2.75. The topological polar surface area (TPSA) is 78.4 Å². The van der Waals surface area contributed by atoms with Gasteiger partial charge in [-0.3, -0.25) is 4.79 Å². The molecule has 110 valence electrons. The largest absolute Gasteiger partial charge is 0.481 e. The minimum Gasteiger partial charge on any atom is -0.481 e. The van der Waals surface area contributed by atoms with Gasteiger partial charge in [-0.1, -0.05) is 41.1 Å². The smallest absolute Gasteiger partial charge is 0.315 e. The maximum absolute atomic E-state index is 11.6. The molecule has 3 N–H and O–H groups in total. The molecule has 1 aromatic carbocycles. The predicted molar refractivity (Wildman–Crippen MR) is 80.4 cm³/mol. The van der Waals surface area contributed by atoms with E-state index < -0.39 is 5.97 Å². The first kappa shape index (κ1) is 16.5. The number of hydrogen-bond donors (Lipinski definition) is 3. The van der Waals surface area contributed by atoms with E-state index in [4.69, 9.17) is 5.11 Å². The number of carboxylic acid groups (broad SMARTS) is 1. The van der Waals surface area contributed by atoms with Crippen LogP contribution in [0.4, 0.5) is 4.79 Å². The summed E-state index contributed by atoms with van der Waals surface area (Å²) < 4.78 is 0.954. The molecule has 0 radical (unpaired) electrons. The van der Waals surface area contributed by atoms with E-state index in [-0.39, 0.29) is 11.9 Å². The minimum atomic E-state index is -0.802. The average Bonchev–Trinajstić information content (AvgIpc) is 2.42. The lowest BCUT2D eigenvalue weighted by molar-refractivity contribution is -0.141. The van der Waals surface area contributed by atoms with Gasteiger partial charge in [0.1, 0.15) is 0 Å². The first-order chi connectivity index (χ1) is 9.50. The van der Waals surface area contributed by atoms with Crippen LogP contribution in [0, 0.1) is 5.92 Å². The number of carbonyl (C=O) groups is 2. The Hall–Kier alpha value is -1.56. The maximum atomic E-state index is 11.6. The molecule has 20 heavy (non-hydrogen) atoms. The van der Waals surface area contributed by atoms with E-state index >= 15 is 0 Å². The standard InChI is InChI=1S/C14H19BrN2O3/c1-10(13(18)19)5-4-8-16-14(20)17-9-11-6-2-3-7-12(11)15/h2-3,6-7,10H,4-5,8-9H2,1H3,(H,18,19)(H2,16,17,20). The molecule has 0 aromatic heterocycles. The second kappa shape index (κ2) is 8.58. The van der Waals surface area contributed by atoms with Crippen LogP contribution in [0.25, 0.3) is 0 Å². The normalized spacial score (nSPS) is 11.7. The monoisotopic (exact) mass is 342 g/mol. The van der Waals surface area contributed by atoms with Gasteiger partial charge in [0.15, 0.2) is 0 Å². The SMILES string of the molecule is CC(CCCNC(=O)NCc1ccccc1Br)C(=O)O. The quantitative estimate of drug-likeness (QED) is 0.666. The molecular formula is C14H19BrN2O3. The summed E-state index contributed by atoms with van der Waals surface area (Å²) in [7, 11) is 0. The molecule has 0 aliphatic heterocycles. The van der Waals surface area contributed by atoms with Gasteiger partial charge in [0, 0.05) is 17.6 Å². The molecule has 1 unspecified atom stereocenters. The number of benzene rings is 1. The molecule has 1 rings (SSSR count). The summed E-state index contributed by atoms with van der Waals surface area (Å²) in [6.07, 6.45) is 1.20. The van der Waals surface area contributed by atoms with Gasteiger partial charge in [-0.15, -0.1) is 0 Å². The second-order valence-electron chi connectivity index (χ2n) is 4.58. The Morgan fingerprint density at radius 2 is 2.00 bits per heavy atom. The third-order valence-electron chi connectivity index (χ3n) is 2.92. The highest BCUT2D eigenvalue weighted by Gasteiger charge is 2.10. The fraction of sp³-hybridized carbons (Fsp3) is 0.429. The van der Waals surface area contributed by atoms with Gasteiger partial charge in [0.2, 0.25) is 0 Å². The van der Waals surface area contributed by atoms with E-state index in [0.29, 0.717) is 25.9 Å². The fourth-order valence-electron chi connectivity index (χ4n) is 1.61. The van der Waals surface area contributed by atoms with Crippen LogP contribution in [-0.4, -0.2) is 23.7 Å². The third-order valence-corrected chi connectivity index (χ3v) is 3.69. The number of aliphatic carboxylic acids is 1. The molecule has 1 aromatic rings.